The van der Waals surface area contributed by atoms with E-state index in [1.165, 1.54) is 0 Å². The summed E-state index contributed by atoms with van der Waals surface area (Å²) in [4.78, 5) is 12.6. The first-order valence-corrected chi connectivity index (χ1v) is 4.50. The molecule has 0 heterocycles. The van der Waals surface area contributed by atoms with Crippen LogP contribution < -0.4 is 11.1 Å². The Kier molecular flexibility index (Phi) is 5.59. The quantitative estimate of drug-likeness (QED) is 0.692. The van der Waals surface area contributed by atoms with Crippen LogP contribution in [-0.2, 0) is 4.79 Å². The average Bonchev–Trinajstić information content (AvgIpc) is 2.12. The number of likely N-dealkylation sites (N-methyl/N-ethyl adjacent to an activating group) is 1. The Labute approximate surface area is 86.6 Å². The van der Waals surface area contributed by atoms with Gasteiger partial charge in [0.1, 0.15) is 6.54 Å². The van der Waals surface area contributed by atoms with Gasteiger partial charge < -0.3 is 11.1 Å². The summed E-state index contributed by atoms with van der Waals surface area (Å²) in [5, 5.41) is 1.79. The summed E-state index contributed by atoms with van der Waals surface area (Å²) < 4.78 is 35.2. The van der Waals surface area contributed by atoms with Gasteiger partial charge in [-0.3, -0.25) is 9.69 Å². The Balaban J connectivity index is 3.84. The predicted molar refractivity (Wildman–Crippen MR) is 50.2 cm³/mol. The van der Waals surface area contributed by atoms with Gasteiger partial charge in [-0.1, -0.05) is 0 Å². The van der Waals surface area contributed by atoms with Gasteiger partial charge in [-0.2, -0.15) is 13.2 Å². The molecule has 0 aliphatic rings. The number of nitrogens with two attached hydrogens (primary N) is 1. The number of hydrogen-bond donors (Lipinski definition) is 2. The van der Waals surface area contributed by atoms with Gasteiger partial charge in [-0.15, -0.1) is 0 Å². The van der Waals surface area contributed by atoms with Crippen LogP contribution in [0.1, 0.15) is 6.92 Å². The summed E-state index contributed by atoms with van der Waals surface area (Å²) in [6, 6.07) is -0.0402. The third-order valence-electron chi connectivity index (χ3n) is 1.97. The van der Waals surface area contributed by atoms with Crippen molar-refractivity contribution in [3.8, 4) is 0 Å². The van der Waals surface area contributed by atoms with Gasteiger partial charge in [-0.05, 0) is 14.0 Å². The van der Waals surface area contributed by atoms with Crippen LogP contribution >= 0.6 is 0 Å². The standard InChI is InChI=1S/C8H16F3N3O/c1-6(3-12)14(2)4-7(15)13-5-8(9,10)11/h6H,3-5,12H2,1-2H3,(H,13,15). The minimum Gasteiger partial charge on any atom is -0.346 e. The summed E-state index contributed by atoms with van der Waals surface area (Å²) in [5.74, 6) is -0.657. The normalized spacial score (nSPS) is 14.1. The first kappa shape index (κ1) is 14.2. The van der Waals surface area contributed by atoms with Crippen molar-refractivity contribution < 1.29 is 18.0 Å². The predicted octanol–water partition coefficient (Wildman–Crippen LogP) is -0.0561. The molecule has 7 heteroatoms. The first-order chi connectivity index (χ1) is 6.76. The smallest absolute Gasteiger partial charge is 0.346 e. The molecule has 1 amide bonds. The Hall–Kier alpha value is -0.820. The molecule has 1 atom stereocenters. The van der Waals surface area contributed by atoms with E-state index < -0.39 is 18.6 Å². The van der Waals surface area contributed by atoms with E-state index in [1.54, 1.807) is 24.2 Å². The van der Waals surface area contributed by atoms with Crippen LogP contribution in [0, 0.1) is 0 Å². The number of amides is 1. The molecule has 0 saturated carbocycles. The highest BCUT2D eigenvalue weighted by Crippen LogP contribution is 2.11. The molecule has 0 bridgehead atoms. The van der Waals surface area contributed by atoms with Crippen molar-refractivity contribution in [3.63, 3.8) is 0 Å². The number of rotatable bonds is 5. The number of carbonyl (C=O) groups excluding carboxylic acids is 1. The minimum atomic E-state index is -4.37. The summed E-state index contributed by atoms with van der Waals surface area (Å²) >= 11 is 0. The molecule has 0 spiro atoms. The molecule has 0 aromatic rings. The Bertz CT molecular complexity index is 208. The van der Waals surface area contributed by atoms with E-state index in [2.05, 4.69) is 0 Å². The van der Waals surface area contributed by atoms with Crippen LogP contribution in [0.5, 0.6) is 0 Å². The summed E-state index contributed by atoms with van der Waals surface area (Å²) in [5.41, 5.74) is 5.34. The van der Waals surface area contributed by atoms with Crippen LogP contribution in [0.2, 0.25) is 0 Å². The van der Waals surface area contributed by atoms with Crippen molar-refractivity contribution in [2.45, 2.75) is 19.1 Å². The zero-order valence-electron chi connectivity index (χ0n) is 8.77. The van der Waals surface area contributed by atoms with Crippen molar-refractivity contribution >= 4 is 5.91 Å². The van der Waals surface area contributed by atoms with E-state index in [9.17, 15) is 18.0 Å². The van der Waals surface area contributed by atoms with Crippen molar-refractivity contribution in [1.29, 1.82) is 0 Å². The monoisotopic (exact) mass is 227 g/mol. The molecule has 0 aromatic carbocycles. The fourth-order valence-corrected chi connectivity index (χ4v) is 0.817. The van der Waals surface area contributed by atoms with Crippen molar-refractivity contribution in [1.82, 2.24) is 10.2 Å². The molecular formula is C8H16F3N3O. The SMILES string of the molecule is CC(CN)N(C)CC(=O)NCC(F)(F)F. The number of nitrogens with one attached hydrogen (secondary N) is 1. The number of hydrogen-bond acceptors (Lipinski definition) is 3. The first-order valence-electron chi connectivity index (χ1n) is 4.50. The van der Waals surface area contributed by atoms with E-state index in [1.807, 2.05) is 0 Å². The lowest BCUT2D eigenvalue weighted by Gasteiger charge is -2.22. The van der Waals surface area contributed by atoms with Gasteiger partial charge in [-0.25, -0.2) is 0 Å². The van der Waals surface area contributed by atoms with Crippen LogP contribution in [0.4, 0.5) is 13.2 Å². The second kappa shape index (κ2) is 5.92. The van der Waals surface area contributed by atoms with E-state index in [0.717, 1.165) is 0 Å². The fourth-order valence-electron chi connectivity index (χ4n) is 0.817. The molecule has 0 fully saturated rings. The highest BCUT2D eigenvalue weighted by Gasteiger charge is 2.27. The van der Waals surface area contributed by atoms with E-state index >= 15 is 0 Å². The zero-order chi connectivity index (χ0) is 12.1. The fraction of sp³-hybridized carbons (Fsp3) is 0.875. The van der Waals surface area contributed by atoms with E-state index in [0.29, 0.717) is 6.54 Å². The minimum absolute atomic E-state index is 0.0402. The topological polar surface area (TPSA) is 58.4 Å². The maximum absolute atomic E-state index is 11.7. The Morgan fingerprint density at radius 3 is 2.47 bits per heavy atom. The maximum atomic E-state index is 11.7. The van der Waals surface area contributed by atoms with E-state index in [-0.39, 0.29) is 12.6 Å². The highest BCUT2D eigenvalue weighted by molar-refractivity contribution is 5.78. The molecule has 15 heavy (non-hydrogen) atoms. The third-order valence-corrected chi connectivity index (χ3v) is 1.97. The molecule has 90 valence electrons. The van der Waals surface area contributed by atoms with E-state index in [4.69, 9.17) is 5.73 Å². The number of carbonyl (C=O) groups is 1. The Morgan fingerprint density at radius 2 is 2.07 bits per heavy atom. The average molecular weight is 227 g/mol. The largest absolute Gasteiger partial charge is 0.405 e. The van der Waals surface area contributed by atoms with Gasteiger partial charge in [0.2, 0.25) is 5.91 Å². The van der Waals surface area contributed by atoms with Crippen LogP contribution in [0.25, 0.3) is 0 Å². The molecule has 0 aromatic heterocycles. The second-order valence-corrected chi connectivity index (χ2v) is 3.39. The van der Waals surface area contributed by atoms with Gasteiger partial charge in [0.25, 0.3) is 0 Å². The van der Waals surface area contributed by atoms with Crippen molar-refractivity contribution in [2.24, 2.45) is 5.73 Å². The maximum Gasteiger partial charge on any atom is 0.405 e. The highest BCUT2D eigenvalue weighted by atomic mass is 19.4. The summed E-state index contributed by atoms with van der Waals surface area (Å²) in [6.45, 7) is 0.755. The molecule has 0 aliphatic heterocycles. The van der Waals surface area contributed by atoms with Gasteiger partial charge >= 0.3 is 6.18 Å². The molecular weight excluding hydrogens is 211 g/mol. The number of alkyl halides is 3. The van der Waals surface area contributed by atoms with Gasteiger partial charge in [0, 0.05) is 12.6 Å². The molecule has 0 aliphatic carbocycles. The van der Waals surface area contributed by atoms with Crippen LogP contribution in [0.3, 0.4) is 0 Å². The summed E-state index contributed by atoms with van der Waals surface area (Å²) in [6.07, 6.45) is -4.37. The summed E-state index contributed by atoms with van der Waals surface area (Å²) in [7, 11) is 1.63. The molecule has 0 saturated heterocycles. The third kappa shape index (κ3) is 7.15. The second-order valence-electron chi connectivity index (χ2n) is 3.39. The lowest BCUT2D eigenvalue weighted by atomic mass is 10.3. The molecule has 0 radical (unpaired) electrons. The lowest BCUT2D eigenvalue weighted by Crippen LogP contribution is -2.44. The van der Waals surface area contributed by atoms with Crippen LogP contribution in [-0.4, -0.2) is 49.7 Å². The number of nitrogens with zero attached hydrogens (tertiary/aromatic N) is 1. The molecule has 4 nitrogen and oxygen atoms in total. The lowest BCUT2D eigenvalue weighted by molar-refractivity contribution is -0.139. The van der Waals surface area contributed by atoms with Crippen LogP contribution in [0.15, 0.2) is 0 Å². The zero-order valence-corrected chi connectivity index (χ0v) is 8.77. The number of halogens is 3. The Morgan fingerprint density at radius 1 is 1.53 bits per heavy atom. The molecule has 1 unspecified atom stereocenters. The van der Waals surface area contributed by atoms with Crippen molar-refractivity contribution in [2.75, 3.05) is 26.7 Å². The molecule has 0 rings (SSSR count). The van der Waals surface area contributed by atoms with Gasteiger partial charge in [0.15, 0.2) is 0 Å². The molecule has 3 N–H and O–H groups in total. The van der Waals surface area contributed by atoms with Crippen molar-refractivity contribution in [3.05, 3.63) is 0 Å². The van der Waals surface area contributed by atoms with Gasteiger partial charge in [0.05, 0.1) is 6.54 Å².